The van der Waals surface area contributed by atoms with Gasteiger partial charge in [-0.15, -0.1) is 0 Å². The number of halogens is 2. The van der Waals surface area contributed by atoms with E-state index in [4.69, 9.17) is 14.5 Å². The van der Waals surface area contributed by atoms with E-state index in [-0.39, 0.29) is 0 Å². The van der Waals surface area contributed by atoms with Crippen LogP contribution in [-0.2, 0) is 19.4 Å². The molecular formula is C23H34F2N6O. The van der Waals surface area contributed by atoms with Gasteiger partial charge in [-0.1, -0.05) is 25.9 Å². The summed E-state index contributed by atoms with van der Waals surface area (Å²) in [6, 6.07) is 1.29. The van der Waals surface area contributed by atoms with E-state index in [2.05, 4.69) is 41.0 Å². The summed E-state index contributed by atoms with van der Waals surface area (Å²) in [5.41, 5.74) is 3.03. The van der Waals surface area contributed by atoms with Gasteiger partial charge in [-0.2, -0.15) is 4.98 Å². The Balaban J connectivity index is 1.44. The Morgan fingerprint density at radius 3 is 2.53 bits per heavy atom. The minimum absolute atomic E-state index is 0.291. The predicted molar refractivity (Wildman–Crippen MR) is 120 cm³/mol. The number of fused-ring (bicyclic) bond motifs is 1. The molecule has 32 heavy (non-hydrogen) atoms. The summed E-state index contributed by atoms with van der Waals surface area (Å²) >= 11 is 0. The summed E-state index contributed by atoms with van der Waals surface area (Å²) in [6.07, 6.45) is 2.65. The fourth-order valence-corrected chi connectivity index (χ4v) is 4.22. The molecule has 176 valence electrons. The van der Waals surface area contributed by atoms with Crippen molar-refractivity contribution in [1.29, 1.82) is 0 Å². The van der Waals surface area contributed by atoms with Crippen molar-refractivity contribution in [3.05, 3.63) is 28.8 Å². The molecule has 0 spiro atoms. The fraction of sp³-hybridized carbons (Fsp3) is 0.696. The maximum atomic E-state index is 12.8. The molecule has 0 bridgehead atoms. The van der Waals surface area contributed by atoms with Crippen LogP contribution in [0.25, 0.3) is 0 Å². The molecule has 0 unspecified atom stereocenters. The second kappa shape index (κ2) is 9.68. The van der Waals surface area contributed by atoms with Gasteiger partial charge in [-0.05, 0) is 44.1 Å². The first-order chi connectivity index (χ1) is 15.3. The first-order valence-corrected chi connectivity index (χ1v) is 11.6. The van der Waals surface area contributed by atoms with Gasteiger partial charge in [-0.3, -0.25) is 4.90 Å². The zero-order valence-corrected chi connectivity index (χ0v) is 19.3. The third-order valence-corrected chi connectivity index (χ3v) is 6.23. The van der Waals surface area contributed by atoms with Crippen LogP contribution >= 0.6 is 0 Å². The van der Waals surface area contributed by atoms with Crippen molar-refractivity contribution >= 4 is 11.8 Å². The number of rotatable bonds is 7. The van der Waals surface area contributed by atoms with Crippen LogP contribution in [-0.4, -0.2) is 52.7 Å². The molecule has 3 heterocycles. The summed E-state index contributed by atoms with van der Waals surface area (Å²) in [5, 5.41) is 7.05. The molecule has 0 amide bonds. The van der Waals surface area contributed by atoms with Gasteiger partial charge in [0.2, 0.25) is 11.7 Å². The molecule has 0 aromatic carbocycles. The van der Waals surface area contributed by atoms with E-state index in [9.17, 15) is 8.78 Å². The lowest BCUT2D eigenvalue weighted by atomic mass is 9.92. The number of hydrogen-bond acceptors (Lipinski definition) is 7. The van der Waals surface area contributed by atoms with E-state index >= 15 is 0 Å². The highest BCUT2D eigenvalue weighted by Crippen LogP contribution is 2.29. The van der Waals surface area contributed by atoms with Crippen LogP contribution in [0.2, 0.25) is 0 Å². The average molecular weight is 449 g/mol. The summed E-state index contributed by atoms with van der Waals surface area (Å²) in [6.45, 7) is 12.1. The summed E-state index contributed by atoms with van der Waals surface area (Å²) in [5.74, 6) is 1.15. The summed E-state index contributed by atoms with van der Waals surface area (Å²) in [7, 11) is 0. The molecule has 4 rings (SSSR count). The van der Waals surface area contributed by atoms with E-state index in [0.29, 0.717) is 17.7 Å². The van der Waals surface area contributed by atoms with Crippen molar-refractivity contribution in [2.24, 2.45) is 5.41 Å². The molecule has 2 aromatic rings. The lowest BCUT2D eigenvalue weighted by Crippen LogP contribution is -2.47. The molecule has 1 fully saturated rings. The first kappa shape index (κ1) is 22.9. The van der Waals surface area contributed by atoms with E-state index in [1.54, 1.807) is 0 Å². The predicted octanol–water partition coefficient (Wildman–Crippen LogP) is 4.45. The van der Waals surface area contributed by atoms with Gasteiger partial charge in [-0.25, -0.2) is 13.8 Å². The van der Waals surface area contributed by atoms with Crippen molar-refractivity contribution in [2.45, 2.75) is 65.8 Å². The Morgan fingerprint density at radius 1 is 1.09 bits per heavy atom. The van der Waals surface area contributed by atoms with Crippen molar-refractivity contribution in [3.63, 3.8) is 0 Å². The van der Waals surface area contributed by atoms with Gasteiger partial charge < -0.3 is 14.7 Å². The Kier molecular flexibility index (Phi) is 6.93. The lowest BCUT2D eigenvalue weighted by Gasteiger charge is -2.36. The first-order valence-electron chi connectivity index (χ1n) is 11.6. The molecule has 0 saturated carbocycles. The highest BCUT2D eigenvalue weighted by molar-refractivity contribution is 5.52. The minimum Gasteiger partial charge on any atom is -0.364 e. The summed E-state index contributed by atoms with van der Waals surface area (Å²) < 4.78 is 30.3. The molecular weight excluding hydrogens is 414 g/mol. The van der Waals surface area contributed by atoms with Crippen molar-refractivity contribution in [2.75, 3.05) is 42.9 Å². The molecule has 7 nitrogen and oxygen atoms in total. The highest BCUT2D eigenvalue weighted by Gasteiger charge is 2.24. The van der Waals surface area contributed by atoms with Gasteiger partial charge in [0.25, 0.3) is 6.43 Å². The topological polar surface area (TPSA) is 70.3 Å². The van der Waals surface area contributed by atoms with Gasteiger partial charge in [0.1, 0.15) is 11.5 Å². The number of nitrogens with zero attached hydrogens (tertiary/aromatic N) is 5. The largest absolute Gasteiger partial charge is 0.364 e. The zero-order chi connectivity index (χ0) is 22.7. The summed E-state index contributed by atoms with van der Waals surface area (Å²) in [4.78, 5) is 14.5. The molecule has 0 radical (unpaired) electrons. The molecule has 1 aliphatic carbocycles. The Morgan fingerprint density at radius 2 is 1.84 bits per heavy atom. The van der Waals surface area contributed by atoms with Crippen molar-refractivity contribution < 1.29 is 13.3 Å². The quantitative estimate of drug-likeness (QED) is 0.671. The standard InChI is InChI=1S/C23H34F2N6O/c1-23(2,3)8-9-30-10-12-31(13-11-30)22-27-18-7-5-4-6-17(18)21(28-22)26-15-16-14-19(20(24)25)32-29-16/h14,20H,4-13,15H2,1-3H3,(H,26,27,28). The van der Waals surface area contributed by atoms with E-state index in [1.165, 1.54) is 12.5 Å². The van der Waals surface area contributed by atoms with Gasteiger partial charge in [0.15, 0.2) is 0 Å². The molecule has 1 saturated heterocycles. The van der Waals surface area contributed by atoms with Crippen LogP contribution < -0.4 is 10.2 Å². The van der Waals surface area contributed by atoms with Crippen LogP contribution in [0, 0.1) is 5.41 Å². The molecule has 9 heteroatoms. The third kappa shape index (κ3) is 5.74. The van der Waals surface area contributed by atoms with E-state index in [0.717, 1.165) is 81.4 Å². The maximum absolute atomic E-state index is 12.8. The highest BCUT2D eigenvalue weighted by atomic mass is 19.3. The van der Waals surface area contributed by atoms with Gasteiger partial charge in [0, 0.05) is 37.8 Å². The van der Waals surface area contributed by atoms with Gasteiger partial charge >= 0.3 is 0 Å². The molecule has 2 aliphatic rings. The Labute approximate surface area is 188 Å². The van der Waals surface area contributed by atoms with E-state index in [1.807, 2.05) is 0 Å². The lowest BCUT2D eigenvalue weighted by molar-refractivity contribution is 0.112. The van der Waals surface area contributed by atoms with Crippen molar-refractivity contribution in [1.82, 2.24) is 20.0 Å². The smallest absolute Gasteiger partial charge is 0.298 e. The van der Waals surface area contributed by atoms with Crippen LogP contribution in [0.4, 0.5) is 20.5 Å². The fourth-order valence-electron chi connectivity index (χ4n) is 4.22. The maximum Gasteiger partial charge on any atom is 0.298 e. The average Bonchev–Trinajstić information content (AvgIpc) is 3.25. The van der Waals surface area contributed by atoms with Crippen LogP contribution in [0.5, 0.6) is 0 Å². The van der Waals surface area contributed by atoms with Crippen molar-refractivity contribution in [3.8, 4) is 0 Å². The Hall–Kier alpha value is -2.29. The third-order valence-electron chi connectivity index (χ3n) is 6.23. The normalized spacial score (nSPS) is 17.6. The molecule has 2 aromatic heterocycles. The number of anilines is 2. The SMILES string of the molecule is CC(C)(C)CCN1CCN(c2nc3c(c(NCc4cc(C(F)F)on4)n2)CCCC3)CC1. The molecule has 1 N–H and O–H groups in total. The van der Waals surface area contributed by atoms with Gasteiger partial charge in [0.05, 0.1) is 12.2 Å². The second-order valence-electron chi connectivity index (χ2n) is 10.0. The van der Waals surface area contributed by atoms with Crippen LogP contribution in [0.3, 0.4) is 0 Å². The molecule has 0 atom stereocenters. The van der Waals surface area contributed by atoms with Crippen LogP contribution in [0.1, 0.15) is 69.2 Å². The number of aromatic nitrogens is 3. The monoisotopic (exact) mass is 448 g/mol. The number of hydrogen-bond donors (Lipinski definition) is 1. The number of nitrogens with one attached hydrogen (secondary N) is 1. The number of alkyl halides is 2. The van der Waals surface area contributed by atoms with E-state index < -0.39 is 12.2 Å². The zero-order valence-electron chi connectivity index (χ0n) is 19.3. The second-order valence-corrected chi connectivity index (χ2v) is 10.0. The number of piperazine rings is 1. The molecule has 1 aliphatic heterocycles. The number of aryl methyl sites for hydroxylation is 1. The Bertz CT molecular complexity index is 902. The van der Waals surface area contributed by atoms with Crippen LogP contribution in [0.15, 0.2) is 10.6 Å². The minimum atomic E-state index is -2.66.